The summed E-state index contributed by atoms with van der Waals surface area (Å²) in [5.41, 5.74) is 13.4. The molecule has 2 unspecified atom stereocenters. The lowest BCUT2D eigenvalue weighted by molar-refractivity contribution is -0.111. The molecule has 0 bridgehead atoms. The molecule has 0 heterocycles. The fourth-order valence-electron chi connectivity index (χ4n) is 0.377. The van der Waals surface area contributed by atoms with E-state index < -0.39 is 26.4 Å². The summed E-state index contributed by atoms with van der Waals surface area (Å²) in [6.45, 7) is -0.519. The molecular weight excluding hydrogens is 213 g/mol. The van der Waals surface area contributed by atoms with Crippen molar-refractivity contribution in [2.75, 3.05) is 6.61 Å². The summed E-state index contributed by atoms with van der Waals surface area (Å²) >= 11 is 0. The maximum absolute atomic E-state index is 9.68. The maximum Gasteiger partial charge on any atom is 0.271 e. The van der Waals surface area contributed by atoms with Gasteiger partial charge in [-0.3, -0.25) is 21.1 Å². The average Bonchev–Trinajstić information content (AvgIpc) is 2.00. The molecule has 0 aliphatic rings. The summed E-state index contributed by atoms with van der Waals surface area (Å²) < 4.78 is 9.55. The lowest BCUT2D eigenvalue weighted by Gasteiger charge is -2.11. The van der Waals surface area contributed by atoms with Gasteiger partial charge in [0, 0.05) is 6.42 Å². The van der Waals surface area contributed by atoms with Crippen LogP contribution in [0.25, 0.3) is 0 Å². The van der Waals surface area contributed by atoms with Crippen LogP contribution in [0.15, 0.2) is 0 Å². The first-order valence-corrected chi connectivity index (χ1v) is 5.50. The number of aldehydes is 1. The molecule has 0 radical (unpaired) electrons. The van der Waals surface area contributed by atoms with Gasteiger partial charge in [0.2, 0.25) is 0 Å². The van der Waals surface area contributed by atoms with Crippen LogP contribution in [-0.4, -0.2) is 40.4 Å². The Morgan fingerprint density at radius 2 is 1.57 bits per heavy atom. The minimum absolute atomic E-state index is 0.137. The Morgan fingerprint density at radius 1 is 1.21 bits per heavy atom. The molecular formula is C5H16N3O5P. The molecule has 0 aliphatic heterocycles. The van der Waals surface area contributed by atoms with Crippen molar-refractivity contribution in [3.05, 3.63) is 0 Å². The summed E-state index contributed by atoms with van der Waals surface area (Å²) in [6, 6.07) is 0. The lowest BCUT2D eigenvalue weighted by Crippen LogP contribution is -2.29. The van der Waals surface area contributed by atoms with Crippen LogP contribution in [0.1, 0.15) is 6.42 Å². The van der Waals surface area contributed by atoms with Crippen LogP contribution in [0, 0.1) is 0 Å². The van der Waals surface area contributed by atoms with E-state index in [4.69, 9.17) is 15.3 Å². The van der Waals surface area contributed by atoms with Crippen molar-refractivity contribution in [1.82, 2.24) is 0 Å². The summed E-state index contributed by atoms with van der Waals surface area (Å²) in [5.74, 6) is 0. The number of carbonyl (C=O) groups is 1. The second-order valence-corrected chi connectivity index (χ2v) is 4.01. The van der Waals surface area contributed by atoms with Gasteiger partial charge in [0.05, 0.1) is 12.7 Å². The highest BCUT2D eigenvalue weighted by atomic mass is 31.2. The van der Waals surface area contributed by atoms with Crippen LogP contribution in [0.2, 0.25) is 0 Å². The number of hydrogen-bond donors (Lipinski definition) is 6. The second-order valence-electron chi connectivity index (χ2n) is 2.48. The van der Waals surface area contributed by atoms with E-state index in [0.29, 0.717) is 6.29 Å². The van der Waals surface area contributed by atoms with Gasteiger partial charge in [-0.05, 0) is 0 Å². The molecule has 0 amide bonds. The van der Waals surface area contributed by atoms with E-state index in [1.165, 1.54) is 0 Å². The van der Waals surface area contributed by atoms with E-state index >= 15 is 0 Å². The van der Waals surface area contributed by atoms with Crippen molar-refractivity contribution < 1.29 is 24.7 Å². The molecule has 0 saturated carbocycles. The van der Waals surface area contributed by atoms with Crippen LogP contribution in [0.4, 0.5) is 0 Å². The first-order chi connectivity index (χ1) is 6.22. The summed E-state index contributed by atoms with van der Waals surface area (Å²) in [5, 5.41) is 25.5. The number of nitrogens with two attached hydrogens (primary N) is 3. The molecule has 0 rings (SSSR count). The Balaban J connectivity index is 0. The SMILES string of the molecule is NP(N)(N)=O.O=CCC(O)C(O)CO. The van der Waals surface area contributed by atoms with E-state index in [0.717, 1.165) is 0 Å². The summed E-state index contributed by atoms with van der Waals surface area (Å²) in [4.78, 5) is 9.68. The monoisotopic (exact) mass is 229 g/mol. The summed E-state index contributed by atoms with van der Waals surface area (Å²) in [6.07, 6.45) is -1.98. The van der Waals surface area contributed by atoms with Crippen LogP contribution < -0.4 is 16.5 Å². The Bertz CT molecular complexity index is 188. The Labute approximate surface area is 81.2 Å². The van der Waals surface area contributed by atoms with Crippen molar-refractivity contribution in [1.29, 1.82) is 0 Å². The zero-order chi connectivity index (χ0) is 11.8. The molecule has 0 saturated heterocycles. The molecule has 14 heavy (non-hydrogen) atoms. The average molecular weight is 229 g/mol. The highest BCUT2D eigenvalue weighted by Gasteiger charge is 2.13. The third-order valence-corrected chi connectivity index (χ3v) is 0.969. The Kier molecular flexibility index (Phi) is 9.21. The number of hydrogen-bond acceptors (Lipinski definition) is 5. The fraction of sp³-hybridized carbons (Fsp3) is 0.800. The Morgan fingerprint density at radius 3 is 1.79 bits per heavy atom. The van der Waals surface area contributed by atoms with Gasteiger partial charge in [-0.15, -0.1) is 0 Å². The van der Waals surface area contributed by atoms with Gasteiger partial charge < -0.3 is 20.1 Å². The zero-order valence-corrected chi connectivity index (χ0v) is 8.38. The predicted molar refractivity (Wildman–Crippen MR) is 49.9 cm³/mol. The van der Waals surface area contributed by atoms with E-state index in [9.17, 15) is 9.36 Å². The van der Waals surface area contributed by atoms with E-state index in [1.54, 1.807) is 0 Å². The van der Waals surface area contributed by atoms with Gasteiger partial charge in [0.15, 0.2) is 0 Å². The smallest absolute Gasteiger partial charge is 0.271 e. The van der Waals surface area contributed by atoms with Crippen molar-refractivity contribution in [2.45, 2.75) is 18.6 Å². The van der Waals surface area contributed by atoms with Gasteiger partial charge in [0.1, 0.15) is 12.4 Å². The quantitative estimate of drug-likeness (QED) is 0.222. The fourth-order valence-corrected chi connectivity index (χ4v) is 0.377. The minimum atomic E-state index is -3.14. The highest BCUT2D eigenvalue weighted by molar-refractivity contribution is 7.56. The molecule has 0 spiro atoms. The van der Waals surface area contributed by atoms with Gasteiger partial charge in [-0.2, -0.15) is 0 Å². The Hall–Kier alpha value is -0.340. The van der Waals surface area contributed by atoms with Gasteiger partial charge in [0.25, 0.3) is 7.59 Å². The number of aliphatic hydroxyl groups is 3. The van der Waals surface area contributed by atoms with Crippen molar-refractivity contribution >= 4 is 13.9 Å². The summed E-state index contributed by atoms with van der Waals surface area (Å²) in [7, 11) is -3.14. The number of rotatable bonds is 4. The lowest BCUT2D eigenvalue weighted by atomic mass is 10.2. The van der Waals surface area contributed by atoms with Crippen molar-refractivity contribution in [2.24, 2.45) is 16.5 Å². The predicted octanol–water partition coefficient (Wildman–Crippen LogP) is -2.74. The van der Waals surface area contributed by atoms with Gasteiger partial charge in [-0.25, -0.2) is 0 Å². The standard InChI is InChI=1S/C5H10O4.H6N3OP/c6-2-1-4(8)5(9)3-7;1-5(2,3)4/h2,4-5,7-9H,1,3H2;(H6,1,2,3,4). The van der Waals surface area contributed by atoms with E-state index in [1.807, 2.05) is 0 Å². The third kappa shape index (κ3) is 17.7. The molecule has 86 valence electrons. The van der Waals surface area contributed by atoms with Crippen molar-refractivity contribution in [3.63, 3.8) is 0 Å². The number of carbonyl (C=O) groups excluding carboxylic acids is 1. The van der Waals surface area contributed by atoms with Crippen LogP contribution >= 0.6 is 7.59 Å². The van der Waals surface area contributed by atoms with Crippen LogP contribution in [0.5, 0.6) is 0 Å². The van der Waals surface area contributed by atoms with Gasteiger partial charge >= 0.3 is 0 Å². The van der Waals surface area contributed by atoms with Crippen LogP contribution in [-0.2, 0) is 9.36 Å². The van der Waals surface area contributed by atoms with Crippen molar-refractivity contribution in [3.8, 4) is 0 Å². The molecule has 9 N–H and O–H groups in total. The van der Waals surface area contributed by atoms with E-state index in [-0.39, 0.29) is 6.42 Å². The maximum atomic E-state index is 9.68. The van der Waals surface area contributed by atoms with Gasteiger partial charge in [-0.1, -0.05) is 0 Å². The highest BCUT2D eigenvalue weighted by Crippen LogP contribution is 2.06. The third-order valence-electron chi connectivity index (χ3n) is 0.969. The molecule has 9 heteroatoms. The minimum Gasteiger partial charge on any atom is -0.394 e. The molecule has 0 aliphatic carbocycles. The second kappa shape index (κ2) is 8.01. The molecule has 0 aromatic rings. The number of aliphatic hydroxyl groups excluding tert-OH is 3. The normalized spacial score (nSPS) is 15.0. The van der Waals surface area contributed by atoms with Crippen LogP contribution in [0.3, 0.4) is 0 Å². The molecule has 0 aromatic heterocycles. The first kappa shape index (κ1) is 16.1. The topological polar surface area (TPSA) is 173 Å². The molecule has 2 atom stereocenters. The first-order valence-electron chi connectivity index (χ1n) is 3.58. The van der Waals surface area contributed by atoms with E-state index in [2.05, 4.69) is 16.5 Å². The molecule has 8 nitrogen and oxygen atoms in total. The molecule has 0 fully saturated rings. The zero-order valence-electron chi connectivity index (χ0n) is 7.48. The largest absolute Gasteiger partial charge is 0.394 e. The molecule has 0 aromatic carbocycles.